The van der Waals surface area contributed by atoms with E-state index >= 15 is 0 Å². The fraction of sp³-hybridized carbons (Fsp3) is 0.222. The maximum Gasteiger partial charge on any atom is 1.00 e. The molecule has 0 aliphatic carbocycles. The molecule has 0 spiro atoms. The molecule has 1 aromatic heterocycles. The number of aromatic nitrogens is 1. The van der Waals surface area contributed by atoms with Crippen LogP contribution in [0.25, 0.3) is 0 Å². The number of hydrogen-bond acceptors (Lipinski definition) is 5. The Morgan fingerprint density at radius 3 is 2.67 bits per heavy atom. The van der Waals surface area contributed by atoms with Crippen LogP contribution in [0, 0.1) is 0 Å². The van der Waals surface area contributed by atoms with Gasteiger partial charge >= 0.3 is 51.4 Å². The average Bonchev–Trinajstić information content (AvgIpc) is 2.67. The van der Waals surface area contributed by atoms with Crippen molar-refractivity contribution in [1.29, 1.82) is 0 Å². The van der Waals surface area contributed by atoms with Crippen molar-refractivity contribution in [2.24, 2.45) is 4.99 Å². The molecule has 0 fully saturated rings. The second-order valence-electron chi connectivity index (χ2n) is 2.86. The first-order chi connectivity index (χ1) is 6.79. The summed E-state index contributed by atoms with van der Waals surface area (Å²) >= 11 is 0. The number of carbonyl (C=O) groups excluding carboxylic acids is 1. The van der Waals surface area contributed by atoms with Crippen molar-refractivity contribution in [2.45, 2.75) is 12.1 Å². The van der Waals surface area contributed by atoms with E-state index in [-0.39, 0.29) is 51.4 Å². The molecule has 0 bridgehead atoms. The molecule has 1 aliphatic heterocycles. The van der Waals surface area contributed by atoms with Crippen LogP contribution in [0.2, 0.25) is 0 Å². The second-order valence-corrected chi connectivity index (χ2v) is 2.86. The van der Waals surface area contributed by atoms with Crippen LogP contribution in [0.5, 0.6) is 0 Å². The summed E-state index contributed by atoms with van der Waals surface area (Å²) in [5.41, 5.74) is 0.728. The molecule has 5 nitrogen and oxygen atoms in total. The predicted molar refractivity (Wildman–Crippen MR) is 45.4 cm³/mol. The zero-order valence-corrected chi connectivity index (χ0v) is 11.3. The summed E-state index contributed by atoms with van der Waals surface area (Å²) in [6.45, 7) is 0. The van der Waals surface area contributed by atoms with E-state index < -0.39 is 18.1 Å². The Kier molecular flexibility index (Phi) is 4.87. The summed E-state index contributed by atoms with van der Waals surface area (Å²) in [6, 6.07) is 2.42. The van der Waals surface area contributed by atoms with E-state index in [1.54, 1.807) is 24.5 Å². The van der Waals surface area contributed by atoms with Gasteiger partial charge in [0, 0.05) is 12.4 Å². The Hall–Kier alpha value is -0.274. The van der Waals surface area contributed by atoms with Gasteiger partial charge in [-0.2, -0.15) is 0 Å². The Morgan fingerprint density at radius 2 is 2.07 bits per heavy atom. The predicted octanol–water partition coefficient (Wildman–Crippen LogP) is -3.70. The molecule has 0 aromatic carbocycles. The summed E-state index contributed by atoms with van der Waals surface area (Å²) in [5, 5.41) is 10.7. The van der Waals surface area contributed by atoms with Crippen LogP contribution in [0.15, 0.2) is 29.5 Å². The van der Waals surface area contributed by atoms with Gasteiger partial charge in [0.15, 0.2) is 12.5 Å². The Morgan fingerprint density at radius 1 is 1.40 bits per heavy atom. The molecule has 1 aromatic rings. The average molecular weight is 230 g/mol. The summed E-state index contributed by atoms with van der Waals surface area (Å²) < 4.78 is 5.07. The van der Waals surface area contributed by atoms with Crippen molar-refractivity contribution in [2.75, 3.05) is 0 Å². The number of aliphatic imine (C=N–C) groups is 1. The van der Waals surface area contributed by atoms with E-state index in [4.69, 9.17) is 4.74 Å². The number of carboxylic acid groups (broad SMARTS) is 1. The molecular weight excluding hydrogens is 223 g/mol. The standard InChI is InChI=1S/C9H8N2O3.K/c12-9(13)7-8(14-5-11-7)6-1-3-10-4-2-6;/h1-5,7-8H,(H,12,13);/q;+1/p-1/t7-,8+;/m0./s1. The van der Waals surface area contributed by atoms with Crippen LogP contribution in [0.3, 0.4) is 0 Å². The summed E-state index contributed by atoms with van der Waals surface area (Å²) in [4.78, 5) is 18.2. The van der Waals surface area contributed by atoms with Crippen molar-refractivity contribution >= 4 is 12.4 Å². The fourth-order valence-corrected chi connectivity index (χ4v) is 1.32. The molecule has 6 heteroatoms. The van der Waals surface area contributed by atoms with Crippen LogP contribution >= 0.6 is 0 Å². The van der Waals surface area contributed by atoms with Gasteiger partial charge < -0.3 is 14.6 Å². The maximum atomic E-state index is 10.7. The molecule has 2 rings (SSSR count). The maximum absolute atomic E-state index is 10.7. The summed E-state index contributed by atoms with van der Waals surface area (Å²) in [7, 11) is 0. The topological polar surface area (TPSA) is 74.6 Å². The molecule has 0 N–H and O–H groups in total. The van der Waals surface area contributed by atoms with E-state index in [1.165, 1.54) is 0 Å². The summed E-state index contributed by atoms with van der Waals surface area (Å²) in [6.07, 6.45) is 3.70. The van der Waals surface area contributed by atoms with Gasteiger partial charge in [-0.1, -0.05) is 0 Å². The molecule has 2 heterocycles. The van der Waals surface area contributed by atoms with Crippen molar-refractivity contribution in [3.05, 3.63) is 30.1 Å². The number of hydrogen-bond donors (Lipinski definition) is 0. The first-order valence-corrected chi connectivity index (χ1v) is 4.07. The smallest absolute Gasteiger partial charge is 0.548 e. The Bertz CT molecular complexity index is 369. The van der Waals surface area contributed by atoms with E-state index in [1.807, 2.05) is 0 Å². The second kappa shape index (κ2) is 5.71. The van der Waals surface area contributed by atoms with Gasteiger partial charge in [-0.3, -0.25) is 4.98 Å². The monoisotopic (exact) mass is 230 g/mol. The molecule has 0 radical (unpaired) electrons. The minimum absolute atomic E-state index is 0. The minimum atomic E-state index is -1.24. The molecule has 0 saturated carbocycles. The number of rotatable bonds is 2. The van der Waals surface area contributed by atoms with Crippen LogP contribution < -0.4 is 56.5 Å². The van der Waals surface area contributed by atoms with Crippen molar-refractivity contribution < 1.29 is 66.0 Å². The van der Waals surface area contributed by atoms with Crippen molar-refractivity contribution in [3.63, 3.8) is 0 Å². The normalized spacial score (nSPS) is 22.9. The van der Waals surface area contributed by atoms with Gasteiger partial charge in [-0.05, 0) is 17.7 Å². The molecule has 2 atom stereocenters. The first-order valence-electron chi connectivity index (χ1n) is 4.07. The van der Waals surface area contributed by atoms with E-state index in [0.29, 0.717) is 0 Å². The van der Waals surface area contributed by atoms with E-state index in [2.05, 4.69) is 9.98 Å². The Balaban J connectivity index is 0.00000112. The molecule has 1 aliphatic rings. The third-order valence-electron chi connectivity index (χ3n) is 1.99. The van der Waals surface area contributed by atoms with Crippen LogP contribution in [0.4, 0.5) is 0 Å². The third-order valence-corrected chi connectivity index (χ3v) is 1.99. The molecule has 0 amide bonds. The van der Waals surface area contributed by atoms with Crippen LogP contribution in [-0.4, -0.2) is 23.4 Å². The number of aliphatic carboxylic acids is 1. The van der Waals surface area contributed by atoms with Crippen molar-refractivity contribution in [1.82, 2.24) is 4.98 Å². The van der Waals surface area contributed by atoms with E-state index in [9.17, 15) is 9.90 Å². The minimum Gasteiger partial charge on any atom is -0.548 e. The zero-order chi connectivity index (χ0) is 9.97. The van der Waals surface area contributed by atoms with Crippen LogP contribution in [-0.2, 0) is 9.53 Å². The molecule has 15 heavy (non-hydrogen) atoms. The first kappa shape index (κ1) is 12.8. The largest absolute Gasteiger partial charge is 1.00 e. The van der Waals surface area contributed by atoms with E-state index in [0.717, 1.165) is 12.0 Å². The number of carbonyl (C=O) groups is 1. The fourth-order valence-electron chi connectivity index (χ4n) is 1.32. The summed E-state index contributed by atoms with van der Waals surface area (Å²) in [5.74, 6) is -1.24. The van der Waals surface area contributed by atoms with Gasteiger partial charge in [0.1, 0.15) is 6.04 Å². The number of nitrogens with zero attached hydrogens (tertiary/aromatic N) is 2. The third kappa shape index (κ3) is 2.85. The van der Waals surface area contributed by atoms with Gasteiger partial charge in [0.2, 0.25) is 0 Å². The Labute approximate surface area is 129 Å². The molecular formula is C9H7KN2O3. The quantitative estimate of drug-likeness (QED) is 0.490. The SMILES string of the molecule is O=C([O-])[C@H]1N=CO[C@@H]1c1ccncc1.[K+]. The molecule has 0 saturated heterocycles. The molecule has 72 valence electrons. The van der Waals surface area contributed by atoms with Gasteiger partial charge in [0.05, 0.1) is 5.97 Å². The number of ether oxygens (including phenoxy) is 1. The van der Waals surface area contributed by atoms with Gasteiger partial charge in [-0.15, -0.1) is 0 Å². The van der Waals surface area contributed by atoms with Gasteiger partial charge in [0.25, 0.3) is 0 Å². The van der Waals surface area contributed by atoms with Crippen molar-refractivity contribution in [3.8, 4) is 0 Å². The number of pyridine rings is 1. The van der Waals surface area contributed by atoms with Crippen LogP contribution in [0.1, 0.15) is 11.7 Å². The van der Waals surface area contributed by atoms with Gasteiger partial charge in [-0.25, -0.2) is 4.99 Å². The zero-order valence-electron chi connectivity index (χ0n) is 8.16. The molecule has 0 unspecified atom stereocenters. The number of carboxylic acids is 1.